The highest BCUT2D eigenvalue weighted by Crippen LogP contribution is 2.30. The number of ether oxygens (including phenoxy) is 1. The highest BCUT2D eigenvalue weighted by Gasteiger charge is 2.23. The molecule has 0 saturated heterocycles. The van der Waals surface area contributed by atoms with Crippen LogP contribution in [0.25, 0.3) is 50.3 Å². The van der Waals surface area contributed by atoms with E-state index in [1.807, 2.05) is 60.0 Å². The Balaban J connectivity index is 1.55. The first-order valence-corrected chi connectivity index (χ1v) is 12.1. The molecule has 0 aliphatic carbocycles. The van der Waals surface area contributed by atoms with Gasteiger partial charge in [0.05, 0.1) is 17.4 Å². The van der Waals surface area contributed by atoms with Crippen molar-refractivity contribution >= 4 is 33.7 Å². The molecule has 0 bridgehead atoms. The van der Waals surface area contributed by atoms with Crippen molar-refractivity contribution in [1.82, 2.24) is 15.0 Å². The molecule has 37 heavy (non-hydrogen) atoms. The summed E-state index contributed by atoms with van der Waals surface area (Å²) in [6.07, 6.45) is 0. The Morgan fingerprint density at radius 1 is 0.946 bits per heavy atom. The summed E-state index contributed by atoms with van der Waals surface area (Å²) >= 11 is 6.46. The normalized spacial score (nSPS) is 11.2. The number of rotatable bonds is 5. The van der Waals surface area contributed by atoms with E-state index < -0.39 is 0 Å². The van der Waals surface area contributed by atoms with E-state index in [4.69, 9.17) is 16.3 Å². The quantitative estimate of drug-likeness (QED) is 0.189. The van der Waals surface area contributed by atoms with E-state index in [1.165, 1.54) is 0 Å². The topological polar surface area (TPSA) is 102 Å². The summed E-state index contributed by atoms with van der Waals surface area (Å²) in [5.74, 6) is 1.01. The molecule has 4 aromatic heterocycles. The zero-order valence-electron chi connectivity index (χ0n) is 19.8. The second-order valence-corrected chi connectivity index (χ2v) is 8.95. The number of pyridine rings is 2. The van der Waals surface area contributed by atoms with Crippen molar-refractivity contribution in [1.29, 1.82) is 5.26 Å². The number of nitrogens with zero attached hydrogens (tertiary/aromatic N) is 3. The number of aromatic nitrogens is 4. The van der Waals surface area contributed by atoms with Crippen LogP contribution in [0.1, 0.15) is 12.6 Å². The molecule has 8 heteroatoms. The van der Waals surface area contributed by atoms with Crippen molar-refractivity contribution in [2.75, 3.05) is 6.61 Å². The molecule has 0 radical (unpaired) electrons. The summed E-state index contributed by atoms with van der Waals surface area (Å²) in [4.78, 5) is 11.3. The number of halogens is 1. The summed E-state index contributed by atoms with van der Waals surface area (Å²) < 4.78 is 7.44. The number of aromatic hydroxyl groups is 1. The standard InChI is InChI=1S/C29H20ClN5O2/c1-2-37-22-11-6-18(7-12-22)24-13-19-3-8-20(16-31)35(29(19)33-24)26-15-27(30)34-28-23(26)14-25(32-28)17-4-9-21(36)10-5-17/h3-15H,2H2,1H3,(H2,32,34,36)/p+1. The summed E-state index contributed by atoms with van der Waals surface area (Å²) in [6.45, 7) is 2.57. The number of nitrogens with one attached hydrogen (secondary N) is 2. The van der Waals surface area contributed by atoms with Crippen molar-refractivity contribution < 1.29 is 14.4 Å². The van der Waals surface area contributed by atoms with Gasteiger partial charge in [-0.3, -0.25) is 0 Å². The number of hydrogen-bond acceptors (Lipinski definition) is 4. The monoisotopic (exact) mass is 506 g/mol. The van der Waals surface area contributed by atoms with Crippen molar-refractivity contribution in [3.05, 3.63) is 89.7 Å². The average Bonchev–Trinajstić information content (AvgIpc) is 3.53. The average molecular weight is 507 g/mol. The van der Waals surface area contributed by atoms with Crippen LogP contribution in [0.5, 0.6) is 11.5 Å². The molecule has 0 spiro atoms. The fraction of sp³-hybridized carbons (Fsp3) is 0.0690. The van der Waals surface area contributed by atoms with Gasteiger partial charge in [-0.15, -0.1) is 0 Å². The first kappa shape index (κ1) is 22.7. The highest BCUT2D eigenvalue weighted by molar-refractivity contribution is 6.30. The van der Waals surface area contributed by atoms with Crippen LogP contribution >= 0.6 is 11.6 Å². The van der Waals surface area contributed by atoms with E-state index in [0.717, 1.165) is 50.4 Å². The number of nitriles is 1. The molecule has 7 nitrogen and oxygen atoms in total. The molecule has 3 N–H and O–H groups in total. The van der Waals surface area contributed by atoms with Gasteiger partial charge in [-0.1, -0.05) is 11.6 Å². The minimum atomic E-state index is 0.192. The number of H-pyrrole nitrogens is 2. The van der Waals surface area contributed by atoms with Crippen LogP contribution in [0.3, 0.4) is 0 Å². The Morgan fingerprint density at radius 2 is 1.65 bits per heavy atom. The molecular formula is C29H21ClN5O2+. The molecule has 0 amide bonds. The Labute approximate surface area is 217 Å². The molecule has 6 aromatic rings. The van der Waals surface area contributed by atoms with Gasteiger partial charge in [0, 0.05) is 23.4 Å². The first-order valence-electron chi connectivity index (χ1n) is 11.7. The van der Waals surface area contributed by atoms with Crippen LogP contribution in [0.4, 0.5) is 0 Å². The van der Waals surface area contributed by atoms with Crippen LogP contribution in [0.15, 0.2) is 78.9 Å². The Kier molecular flexibility index (Phi) is 5.52. The maximum Gasteiger partial charge on any atom is 0.293 e. The van der Waals surface area contributed by atoms with Gasteiger partial charge in [0.15, 0.2) is 0 Å². The third-order valence-electron chi connectivity index (χ3n) is 6.27. The van der Waals surface area contributed by atoms with E-state index in [1.54, 1.807) is 24.3 Å². The number of fused-ring (bicyclic) bond motifs is 2. The van der Waals surface area contributed by atoms with Crippen LogP contribution in [0.2, 0.25) is 5.15 Å². The molecule has 180 valence electrons. The van der Waals surface area contributed by atoms with E-state index in [2.05, 4.69) is 27.1 Å². The van der Waals surface area contributed by atoms with Crippen LogP contribution in [0, 0.1) is 11.3 Å². The lowest BCUT2D eigenvalue weighted by atomic mass is 10.1. The molecule has 6 rings (SSSR count). The molecule has 0 unspecified atom stereocenters. The third kappa shape index (κ3) is 4.03. The fourth-order valence-corrected chi connectivity index (χ4v) is 4.75. The lowest BCUT2D eigenvalue weighted by molar-refractivity contribution is -0.570. The second kappa shape index (κ2) is 9.01. The zero-order valence-corrected chi connectivity index (χ0v) is 20.5. The number of phenolic OH excluding ortho intramolecular Hbond substituents is 1. The minimum Gasteiger partial charge on any atom is -0.508 e. The van der Waals surface area contributed by atoms with Crippen LogP contribution in [-0.4, -0.2) is 26.7 Å². The Hall–Kier alpha value is -4.80. The third-order valence-corrected chi connectivity index (χ3v) is 6.46. The predicted octanol–water partition coefficient (Wildman–Crippen LogP) is 6.28. The van der Waals surface area contributed by atoms with Gasteiger partial charge in [-0.25, -0.2) is 9.97 Å². The second-order valence-electron chi connectivity index (χ2n) is 8.57. The maximum atomic E-state index is 10.0. The van der Waals surface area contributed by atoms with Gasteiger partial charge in [-0.05, 0) is 79.2 Å². The van der Waals surface area contributed by atoms with Crippen LogP contribution < -0.4 is 9.30 Å². The zero-order chi connectivity index (χ0) is 25.5. The van der Waals surface area contributed by atoms with Gasteiger partial charge in [0.25, 0.3) is 5.65 Å². The number of hydrogen-bond donors (Lipinski definition) is 3. The highest BCUT2D eigenvalue weighted by atomic mass is 35.5. The van der Waals surface area contributed by atoms with Crippen molar-refractivity contribution in [2.45, 2.75) is 6.92 Å². The molecule has 2 aromatic carbocycles. The summed E-state index contributed by atoms with van der Waals surface area (Å²) in [5.41, 5.74) is 6.15. The first-order chi connectivity index (χ1) is 18.0. The number of aromatic amines is 2. The lowest BCUT2D eigenvalue weighted by Crippen LogP contribution is -2.36. The molecule has 0 aliphatic rings. The maximum absolute atomic E-state index is 10.0. The molecule has 0 saturated carbocycles. The SMILES string of the molecule is CCOc1ccc(-c2cc3ccc(C#N)[n+](-c4cc(Cl)nc5[nH]c(-c6ccc(O)cc6)cc45)c3[nH]2)cc1. The van der Waals surface area contributed by atoms with E-state index >= 15 is 0 Å². The molecular weight excluding hydrogens is 486 g/mol. The lowest BCUT2D eigenvalue weighted by Gasteiger charge is -2.05. The van der Waals surface area contributed by atoms with Crippen molar-refractivity contribution in [3.63, 3.8) is 0 Å². The van der Waals surface area contributed by atoms with Gasteiger partial charge in [0.2, 0.25) is 5.69 Å². The minimum absolute atomic E-state index is 0.192. The molecule has 0 fully saturated rings. The van der Waals surface area contributed by atoms with Gasteiger partial charge < -0.3 is 14.8 Å². The Morgan fingerprint density at radius 3 is 2.35 bits per heavy atom. The summed E-state index contributed by atoms with van der Waals surface area (Å²) in [5, 5.41) is 21.7. The van der Waals surface area contributed by atoms with Crippen LogP contribution in [-0.2, 0) is 0 Å². The predicted molar refractivity (Wildman–Crippen MR) is 143 cm³/mol. The van der Waals surface area contributed by atoms with Gasteiger partial charge >= 0.3 is 0 Å². The van der Waals surface area contributed by atoms with E-state index in [0.29, 0.717) is 23.1 Å². The van der Waals surface area contributed by atoms with E-state index in [9.17, 15) is 10.4 Å². The van der Waals surface area contributed by atoms with Gasteiger partial charge in [-0.2, -0.15) is 9.83 Å². The van der Waals surface area contributed by atoms with E-state index in [-0.39, 0.29) is 5.75 Å². The van der Waals surface area contributed by atoms with Crippen molar-refractivity contribution in [2.24, 2.45) is 0 Å². The largest absolute Gasteiger partial charge is 0.508 e. The van der Waals surface area contributed by atoms with Crippen molar-refractivity contribution in [3.8, 4) is 45.8 Å². The molecule has 0 atom stereocenters. The fourth-order valence-electron chi connectivity index (χ4n) is 4.56. The molecule has 0 aliphatic heterocycles. The molecule has 4 heterocycles. The number of benzene rings is 2. The Bertz CT molecular complexity index is 1810. The number of phenols is 1. The summed E-state index contributed by atoms with van der Waals surface area (Å²) in [7, 11) is 0. The van der Waals surface area contributed by atoms with Gasteiger partial charge in [0.1, 0.15) is 39.7 Å². The smallest absolute Gasteiger partial charge is 0.293 e. The summed E-state index contributed by atoms with van der Waals surface area (Å²) in [6, 6.07) is 26.6.